The molecule has 15 heavy (non-hydrogen) atoms. The van der Waals surface area contributed by atoms with Gasteiger partial charge in [0.05, 0.1) is 10.9 Å². The molecule has 0 aliphatic rings. The van der Waals surface area contributed by atoms with Crippen LogP contribution in [-0.2, 0) is 9.59 Å². The Hall–Kier alpha value is -1.17. The molecule has 5 nitrogen and oxygen atoms in total. The van der Waals surface area contributed by atoms with Gasteiger partial charge >= 0.3 is 0 Å². The lowest BCUT2D eigenvalue weighted by atomic mass is 10.1. The molecular formula is C9H17N3O2S. The van der Waals surface area contributed by atoms with Crippen molar-refractivity contribution >= 4 is 29.0 Å². The second-order valence-electron chi connectivity index (χ2n) is 3.45. The first-order valence-corrected chi connectivity index (χ1v) is 5.04. The van der Waals surface area contributed by atoms with Gasteiger partial charge in [-0.3, -0.25) is 9.59 Å². The van der Waals surface area contributed by atoms with Gasteiger partial charge in [-0.1, -0.05) is 12.2 Å². The van der Waals surface area contributed by atoms with Crippen LogP contribution in [0.3, 0.4) is 0 Å². The standard InChI is InChI=1S/C9H17N3O2S/c1-6(8(10)15)9(14)11-5-4-7(13)12(2)3/h6H,4-5H2,1-3H3,(H2,10,15)(H,11,14). The third kappa shape index (κ3) is 5.31. The maximum Gasteiger partial charge on any atom is 0.229 e. The lowest BCUT2D eigenvalue weighted by Crippen LogP contribution is -2.37. The first-order valence-electron chi connectivity index (χ1n) is 4.63. The summed E-state index contributed by atoms with van der Waals surface area (Å²) in [5.74, 6) is -0.762. The maximum absolute atomic E-state index is 11.3. The molecule has 1 unspecified atom stereocenters. The topological polar surface area (TPSA) is 75.4 Å². The summed E-state index contributed by atoms with van der Waals surface area (Å²) in [6, 6.07) is 0. The lowest BCUT2D eigenvalue weighted by molar-refractivity contribution is -0.128. The summed E-state index contributed by atoms with van der Waals surface area (Å²) in [5, 5.41) is 2.60. The van der Waals surface area contributed by atoms with Crippen molar-refractivity contribution in [3.8, 4) is 0 Å². The Kier molecular flexibility index (Phi) is 5.84. The van der Waals surface area contributed by atoms with Crippen LogP contribution < -0.4 is 11.1 Å². The number of nitrogens with two attached hydrogens (primary N) is 1. The number of carbonyl (C=O) groups is 2. The number of rotatable bonds is 5. The molecule has 0 heterocycles. The molecule has 86 valence electrons. The Morgan fingerprint density at radius 2 is 2.00 bits per heavy atom. The summed E-state index contributed by atoms with van der Waals surface area (Å²) in [5.41, 5.74) is 5.31. The fraction of sp³-hybridized carbons (Fsp3) is 0.667. The molecule has 0 rings (SSSR count). The van der Waals surface area contributed by atoms with Crippen LogP contribution in [-0.4, -0.2) is 42.3 Å². The number of nitrogens with one attached hydrogen (secondary N) is 1. The van der Waals surface area contributed by atoms with Gasteiger partial charge in [-0.15, -0.1) is 0 Å². The number of hydrogen-bond acceptors (Lipinski definition) is 3. The Balaban J connectivity index is 3.83. The summed E-state index contributed by atoms with van der Waals surface area (Å²) in [6.45, 7) is 1.94. The van der Waals surface area contributed by atoms with E-state index >= 15 is 0 Å². The van der Waals surface area contributed by atoms with Gasteiger partial charge in [0.1, 0.15) is 0 Å². The third-order valence-electron chi connectivity index (χ3n) is 1.96. The van der Waals surface area contributed by atoms with Gasteiger partial charge in [-0.2, -0.15) is 0 Å². The van der Waals surface area contributed by atoms with Crippen molar-refractivity contribution in [2.45, 2.75) is 13.3 Å². The Labute approximate surface area is 95.0 Å². The van der Waals surface area contributed by atoms with Crippen LogP contribution in [0.2, 0.25) is 0 Å². The van der Waals surface area contributed by atoms with Crippen molar-refractivity contribution in [3.63, 3.8) is 0 Å². The second-order valence-corrected chi connectivity index (χ2v) is 3.92. The second kappa shape index (κ2) is 6.34. The number of thiocarbonyl (C=S) groups is 1. The Morgan fingerprint density at radius 3 is 2.40 bits per heavy atom. The summed E-state index contributed by atoms with van der Waals surface area (Å²) < 4.78 is 0. The van der Waals surface area contributed by atoms with Crippen molar-refractivity contribution in [2.75, 3.05) is 20.6 Å². The average molecular weight is 231 g/mol. The van der Waals surface area contributed by atoms with Gasteiger partial charge in [0, 0.05) is 27.1 Å². The van der Waals surface area contributed by atoms with Gasteiger partial charge in [-0.05, 0) is 6.92 Å². The van der Waals surface area contributed by atoms with E-state index in [0.717, 1.165) is 0 Å². The number of amides is 2. The molecule has 0 spiro atoms. The zero-order chi connectivity index (χ0) is 12.0. The van der Waals surface area contributed by atoms with Crippen LogP contribution in [0.1, 0.15) is 13.3 Å². The average Bonchev–Trinajstić information content (AvgIpc) is 2.15. The molecule has 0 saturated heterocycles. The largest absolute Gasteiger partial charge is 0.393 e. The SMILES string of the molecule is CC(C(=O)NCCC(=O)N(C)C)C(N)=S. The molecule has 3 N–H and O–H groups in total. The summed E-state index contributed by atoms with van der Waals surface area (Å²) in [7, 11) is 3.34. The maximum atomic E-state index is 11.3. The third-order valence-corrected chi connectivity index (χ3v) is 2.31. The van der Waals surface area contributed by atoms with E-state index in [1.54, 1.807) is 21.0 Å². The summed E-state index contributed by atoms with van der Waals surface area (Å²) >= 11 is 4.68. The van der Waals surface area contributed by atoms with E-state index in [2.05, 4.69) is 17.5 Å². The number of hydrogen-bond donors (Lipinski definition) is 2. The molecule has 0 aromatic rings. The Morgan fingerprint density at radius 1 is 1.47 bits per heavy atom. The molecule has 0 saturated carbocycles. The lowest BCUT2D eigenvalue weighted by Gasteiger charge is -2.12. The molecule has 0 fully saturated rings. The van der Waals surface area contributed by atoms with Crippen LogP contribution in [0, 0.1) is 5.92 Å². The molecule has 0 aliphatic heterocycles. The molecule has 0 aliphatic carbocycles. The highest BCUT2D eigenvalue weighted by atomic mass is 32.1. The van der Waals surface area contributed by atoms with E-state index in [1.165, 1.54) is 4.90 Å². The molecule has 0 aromatic heterocycles. The van der Waals surface area contributed by atoms with E-state index in [-0.39, 0.29) is 23.2 Å². The molecule has 1 atom stereocenters. The predicted octanol–water partition coefficient (Wildman–Crippen LogP) is -0.497. The smallest absolute Gasteiger partial charge is 0.229 e. The zero-order valence-corrected chi connectivity index (χ0v) is 10.1. The first-order chi connectivity index (χ1) is 6.86. The van der Waals surface area contributed by atoms with Crippen molar-refractivity contribution in [2.24, 2.45) is 11.7 Å². The van der Waals surface area contributed by atoms with E-state index in [1.807, 2.05) is 0 Å². The zero-order valence-electron chi connectivity index (χ0n) is 9.24. The molecular weight excluding hydrogens is 214 g/mol. The van der Waals surface area contributed by atoms with Crippen LogP contribution in [0.5, 0.6) is 0 Å². The highest BCUT2D eigenvalue weighted by Gasteiger charge is 2.15. The molecule has 0 radical (unpaired) electrons. The quantitative estimate of drug-likeness (QED) is 0.626. The van der Waals surface area contributed by atoms with Crippen LogP contribution in [0.15, 0.2) is 0 Å². The first kappa shape index (κ1) is 13.8. The van der Waals surface area contributed by atoms with Gasteiger partial charge < -0.3 is 16.0 Å². The van der Waals surface area contributed by atoms with E-state index < -0.39 is 5.92 Å². The Bertz CT molecular complexity index is 266. The van der Waals surface area contributed by atoms with Crippen LogP contribution >= 0.6 is 12.2 Å². The van der Waals surface area contributed by atoms with Crippen molar-refractivity contribution < 1.29 is 9.59 Å². The van der Waals surface area contributed by atoms with Gasteiger partial charge in [0.15, 0.2) is 0 Å². The highest BCUT2D eigenvalue weighted by Crippen LogP contribution is 1.95. The number of carbonyl (C=O) groups excluding carboxylic acids is 2. The fourth-order valence-corrected chi connectivity index (χ4v) is 0.906. The summed E-state index contributed by atoms with van der Waals surface area (Å²) in [6.07, 6.45) is 0.281. The van der Waals surface area contributed by atoms with Gasteiger partial charge in [0.2, 0.25) is 11.8 Å². The van der Waals surface area contributed by atoms with Crippen molar-refractivity contribution in [1.82, 2.24) is 10.2 Å². The minimum absolute atomic E-state index is 0.0294. The number of nitrogens with zero attached hydrogens (tertiary/aromatic N) is 1. The van der Waals surface area contributed by atoms with Crippen molar-refractivity contribution in [1.29, 1.82) is 0 Å². The fourth-order valence-electron chi connectivity index (χ4n) is 0.799. The summed E-state index contributed by atoms with van der Waals surface area (Å²) in [4.78, 5) is 24.1. The van der Waals surface area contributed by atoms with Crippen LogP contribution in [0.25, 0.3) is 0 Å². The van der Waals surface area contributed by atoms with E-state index in [4.69, 9.17) is 5.73 Å². The monoisotopic (exact) mass is 231 g/mol. The van der Waals surface area contributed by atoms with Gasteiger partial charge in [-0.25, -0.2) is 0 Å². The minimum atomic E-state index is -0.491. The predicted molar refractivity (Wildman–Crippen MR) is 62.3 cm³/mol. The van der Waals surface area contributed by atoms with Gasteiger partial charge in [0.25, 0.3) is 0 Å². The minimum Gasteiger partial charge on any atom is -0.393 e. The normalized spacial score (nSPS) is 11.7. The van der Waals surface area contributed by atoms with Crippen LogP contribution in [0.4, 0.5) is 0 Å². The molecule has 6 heteroatoms. The van der Waals surface area contributed by atoms with Crippen molar-refractivity contribution in [3.05, 3.63) is 0 Å². The molecule has 2 amide bonds. The van der Waals surface area contributed by atoms with E-state index in [9.17, 15) is 9.59 Å². The molecule has 0 bridgehead atoms. The highest BCUT2D eigenvalue weighted by molar-refractivity contribution is 7.80. The molecule has 0 aromatic carbocycles. The van der Waals surface area contributed by atoms with E-state index in [0.29, 0.717) is 6.54 Å².